The van der Waals surface area contributed by atoms with E-state index in [4.69, 9.17) is 0 Å². The van der Waals surface area contributed by atoms with Gasteiger partial charge in [-0.1, -0.05) is 77.0 Å². The molecule has 0 spiro atoms. The van der Waals surface area contributed by atoms with E-state index in [0.717, 1.165) is 5.92 Å². The molecule has 1 unspecified atom stereocenters. The second kappa shape index (κ2) is 8.49. The summed E-state index contributed by atoms with van der Waals surface area (Å²) in [6, 6.07) is 7.27. The molecule has 0 radical (unpaired) electrons. The Bertz CT molecular complexity index is 391. The first-order chi connectivity index (χ1) is 9.83. The van der Waals surface area contributed by atoms with Crippen LogP contribution in [0, 0.1) is 5.92 Å². The van der Waals surface area contributed by atoms with Crippen molar-refractivity contribution in [1.29, 1.82) is 0 Å². The van der Waals surface area contributed by atoms with Crippen molar-refractivity contribution in [3.05, 3.63) is 34.9 Å². The molecule has 1 atom stereocenters. The van der Waals surface area contributed by atoms with Crippen LogP contribution in [0.3, 0.4) is 0 Å². The van der Waals surface area contributed by atoms with Crippen molar-refractivity contribution in [3.8, 4) is 0 Å². The maximum atomic E-state index is 2.48. The van der Waals surface area contributed by atoms with Crippen LogP contribution in [0.5, 0.6) is 0 Å². The predicted molar refractivity (Wildman–Crippen MR) is 89.3 cm³/mol. The van der Waals surface area contributed by atoms with Crippen molar-refractivity contribution < 1.29 is 0 Å². The molecule has 0 nitrogen and oxygen atoms in total. The molecule has 20 heavy (non-hydrogen) atoms. The second-order valence-electron chi connectivity index (χ2n) is 6.66. The third-order valence-corrected chi connectivity index (χ3v) is 4.86. The second-order valence-corrected chi connectivity index (χ2v) is 6.66. The Morgan fingerprint density at radius 3 is 2.60 bits per heavy atom. The number of hydrogen-bond donors (Lipinski definition) is 0. The molecular weight excluding hydrogens is 240 g/mol. The largest absolute Gasteiger partial charge is 0.0654 e. The number of aryl methyl sites for hydroxylation is 2. The molecule has 0 amide bonds. The van der Waals surface area contributed by atoms with Gasteiger partial charge in [0.1, 0.15) is 0 Å². The van der Waals surface area contributed by atoms with Gasteiger partial charge in [0.25, 0.3) is 0 Å². The Morgan fingerprint density at radius 1 is 0.950 bits per heavy atom. The summed E-state index contributed by atoms with van der Waals surface area (Å²) < 4.78 is 0. The van der Waals surface area contributed by atoms with Gasteiger partial charge in [-0.05, 0) is 48.3 Å². The topological polar surface area (TPSA) is 0 Å². The van der Waals surface area contributed by atoms with E-state index in [0.29, 0.717) is 0 Å². The fraction of sp³-hybridized carbons (Fsp3) is 0.700. The van der Waals surface area contributed by atoms with Gasteiger partial charge in [0.05, 0.1) is 0 Å². The third kappa shape index (κ3) is 4.65. The van der Waals surface area contributed by atoms with Gasteiger partial charge in [-0.2, -0.15) is 0 Å². The van der Waals surface area contributed by atoms with E-state index < -0.39 is 0 Å². The van der Waals surface area contributed by atoms with Crippen LogP contribution in [0.15, 0.2) is 18.2 Å². The maximum Gasteiger partial charge on any atom is -0.0248 e. The lowest BCUT2D eigenvalue weighted by Crippen LogP contribution is -2.14. The van der Waals surface area contributed by atoms with E-state index in [1.54, 1.807) is 16.7 Å². The first-order valence-corrected chi connectivity index (χ1v) is 8.94. The standard InChI is InChI=1S/C20H32/c1-3-5-6-7-8-10-18-12-14-19-15-17(9-4-2)11-13-20(19)16-18/h11,13,15,18H,3-10,12,14,16H2,1-2H3. The summed E-state index contributed by atoms with van der Waals surface area (Å²) in [5.74, 6) is 0.959. The van der Waals surface area contributed by atoms with Gasteiger partial charge in [0.2, 0.25) is 0 Å². The van der Waals surface area contributed by atoms with Crippen LogP contribution < -0.4 is 0 Å². The normalized spacial score (nSPS) is 18.0. The first-order valence-electron chi connectivity index (χ1n) is 8.94. The highest BCUT2D eigenvalue weighted by Crippen LogP contribution is 2.30. The Labute approximate surface area is 126 Å². The molecule has 1 aliphatic rings. The van der Waals surface area contributed by atoms with Gasteiger partial charge in [-0.3, -0.25) is 0 Å². The lowest BCUT2D eigenvalue weighted by molar-refractivity contribution is 0.405. The van der Waals surface area contributed by atoms with Gasteiger partial charge in [-0.25, -0.2) is 0 Å². The zero-order valence-corrected chi connectivity index (χ0v) is 13.6. The minimum atomic E-state index is 0.959. The lowest BCUT2D eigenvalue weighted by atomic mass is 9.80. The average molecular weight is 272 g/mol. The molecule has 0 aromatic heterocycles. The monoisotopic (exact) mass is 272 g/mol. The van der Waals surface area contributed by atoms with Gasteiger partial charge in [-0.15, -0.1) is 0 Å². The van der Waals surface area contributed by atoms with Crippen molar-refractivity contribution >= 4 is 0 Å². The highest BCUT2D eigenvalue weighted by atomic mass is 14.2. The molecule has 0 heteroatoms. The van der Waals surface area contributed by atoms with E-state index in [1.165, 1.54) is 70.6 Å². The van der Waals surface area contributed by atoms with Crippen LogP contribution in [0.4, 0.5) is 0 Å². The molecule has 0 saturated heterocycles. The Kier molecular flexibility index (Phi) is 6.63. The van der Waals surface area contributed by atoms with Crippen LogP contribution in [0.2, 0.25) is 0 Å². The van der Waals surface area contributed by atoms with E-state index in [2.05, 4.69) is 32.0 Å². The highest BCUT2D eigenvalue weighted by molar-refractivity contribution is 5.34. The van der Waals surface area contributed by atoms with Crippen molar-refractivity contribution in [3.63, 3.8) is 0 Å². The van der Waals surface area contributed by atoms with E-state index >= 15 is 0 Å². The van der Waals surface area contributed by atoms with E-state index in [1.807, 2.05) is 0 Å². The predicted octanol–water partition coefficient (Wildman–Crippen LogP) is 6.10. The van der Waals surface area contributed by atoms with E-state index in [-0.39, 0.29) is 0 Å². The Balaban J connectivity index is 1.79. The Morgan fingerprint density at radius 2 is 1.80 bits per heavy atom. The van der Waals surface area contributed by atoms with Gasteiger partial charge >= 0.3 is 0 Å². The molecule has 2 rings (SSSR count). The molecular formula is C20H32. The summed E-state index contributed by atoms with van der Waals surface area (Å²) in [7, 11) is 0. The van der Waals surface area contributed by atoms with Crippen molar-refractivity contribution in [2.75, 3.05) is 0 Å². The molecule has 112 valence electrons. The molecule has 0 N–H and O–H groups in total. The molecule has 0 heterocycles. The minimum Gasteiger partial charge on any atom is -0.0654 e. The third-order valence-electron chi connectivity index (χ3n) is 4.86. The SMILES string of the molecule is CCCCCCCC1CCc2cc(CCC)ccc2C1. The fourth-order valence-electron chi connectivity index (χ4n) is 3.61. The highest BCUT2D eigenvalue weighted by Gasteiger charge is 2.18. The van der Waals surface area contributed by atoms with Crippen LogP contribution in [-0.2, 0) is 19.3 Å². The van der Waals surface area contributed by atoms with Gasteiger partial charge in [0, 0.05) is 0 Å². The van der Waals surface area contributed by atoms with Crippen LogP contribution >= 0.6 is 0 Å². The number of unbranched alkanes of at least 4 members (excludes halogenated alkanes) is 4. The molecule has 1 aromatic carbocycles. The summed E-state index contributed by atoms with van der Waals surface area (Å²) in [5, 5.41) is 0. The zero-order chi connectivity index (χ0) is 14.2. The quantitative estimate of drug-likeness (QED) is 0.501. The summed E-state index contributed by atoms with van der Waals surface area (Å²) >= 11 is 0. The smallest absolute Gasteiger partial charge is 0.0248 e. The van der Waals surface area contributed by atoms with Crippen LogP contribution in [0.25, 0.3) is 0 Å². The molecule has 0 fully saturated rings. The molecule has 0 aliphatic heterocycles. The molecule has 0 bridgehead atoms. The first kappa shape index (κ1) is 15.6. The van der Waals surface area contributed by atoms with Crippen molar-refractivity contribution in [2.45, 2.75) is 84.5 Å². The summed E-state index contributed by atoms with van der Waals surface area (Å²) in [6.45, 7) is 4.57. The summed E-state index contributed by atoms with van der Waals surface area (Å²) in [5.41, 5.74) is 4.84. The fourth-order valence-corrected chi connectivity index (χ4v) is 3.61. The van der Waals surface area contributed by atoms with Crippen LogP contribution in [0.1, 0.15) is 81.9 Å². The molecule has 1 aliphatic carbocycles. The van der Waals surface area contributed by atoms with Crippen LogP contribution in [-0.4, -0.2) is 0 Å². The Hall–Kier alpha value is -0.780. The van der Waals surface area contributed by atoms with Crippen molar-refractivity contribution in [1.82, 2.24) is 0 Å². The summed E-state index contributed by atoms with van der Waals surface area (Å²) in [6.07, 6.45) is 15.2. The minimum absolute atomic E-state index is 0.959. The average Bonchev–Trinajstić information content (AvgIpc) is 2.47. The van der Waals surface area contributed by atoms with Crippen molar-refractivity contribution in [2.24, 2.45) is 5.92 Å². The number of hydrogen-bond acceptors (Lipinski definition) is 0. The lowest BCUT2D eigenvalue weighted by Gasteiger charge is -2.25. The molecule has 0 saturated carbocycles. The molecule has 1 aromatic rings. The zero-order valence-electron chi connectivity index (χ0n) is 13.6. The van der Waals surface area contributed by atoms with Gasteiger partial charge in [0.15, 0.2) is 0 Å². The summed E-state index contributed by atoms with van der Waals surface area (Å²) in [4.78, 5) is 0. The van der Waals surface area contributed by atoms with E-state index in [9.17, 15) is 0 Å². The van der Waals surface area contributed by atoms with Gasteiger partial charge < -0.3 is 0 Å². The number of rotatable bonds is 8. The number of benzene rings is 1. The maximum absolute atomic E-state index is 2.48. The number of fused-ring (bicyclic) bond motifs is 1.